The van der Waals surface area contributed by atoms with Gasteiger partial charge in [-0.2, -0.15) is 0 Å². The average molecular weight is 419 g/mol. The molecular weight excluding hydrogens is 419 g/mol. The summed E-state index contributed by atoms with van der Waals surface area (Å²) < 4.78 is 0. The average Bonchev–Trinajstić information content (AvgIpc) is 0. The van der Waals surface area contributed by atoms with Crippen molar-refractivity contribution in [1.82, 2.24) is 0 Å². The van der Waals surface area contributed by atoms with E-state index in [0.717, 1.165) is 0 Å². The van der Waals surface area contributed by atoms with Crippen LogP contribution < -0.4 is 0 Å². The van der Waals surface area contributed by atoms with Crippen LogP contribution >= 0.6 is 0 Å². The molecule has 0 atom stereocenters. The maximum absolute atomic E-state index is 0. The third kappa shape index (κ3) is 8.82. The molecule has 0 aliphatic heterocycles. The fourth-order valence-electron chi connectivity index (χ4n) is 0. The van der Waals surface area contributed by atoms with Crippen LogP contribution in [-0.2, 0) is 50.3 Å². The molecule has 2 radical (unpaired) electrons. The summed E-state index contributed by atoms with van der Waals surface area (Å²) in [6.45, 7) is 0. The van der Waals surface area contributed by atoms with Gasteiger partial charge in [0.25, 0.3) is 0 Å². The molecule has 0 amide bonds. The summed E-state index contributed by atoms with van der Waals surface area (Å²) in [6, 6.07) is 0. The van der Waals surface area contributed by atoms with E-state index in [1.165, 1.54) is 0 Å². The van der Waals surface area contributed by atoms with E-state index in [-0.39, 0.29) is 81.5 Å². The first kappa shape index (κ1) is 30.8. The Balaban J connectivity index is 0. The van der Waals surface area contributed by atoms with Crippen molar-refractivity contribution in [2.75, 3.05) is 0 Å². The summed E-state index contributed by atoms with van der Waals surface area (Å²) in [6.07, 6.45) is 0. The summed E-state index contributed by atoms with van der Waals surface area (Å²) in [5.74, 6) is 0. The van der Waals surface area contributed by atoms with Crippen molar-refractivity contribution in [1.29, 1.82) is 0 Å². The van der Waals surface area contributed by atoms with Gasteiger partial charge in [-0.05, 0) is 0 Å². The topological polar surface area (TPSA) is 0 Å². The third-order valence-electron chi connectivity index (χ3n) is 0. The van der Waals surface area contributed by atoms with Crippen molar-refractivity contribution in [3.63, 3.8) is 0 Å². The van der Waals surface area contributed by atoms with E-state index >= 15 is 0 Å². The van der Waals surface area contributed by atoms with Crippen LogP contribution in [0.1, 0.15) is 0 Å². The summed E-state index contributed by atoms with van der Waals surface area (Å²) in [7, 11) is 0. The van der Waals surface area contributed by atoms with E-state index in [9.17, 15) is 0 Å². The first-order chi connectivity index (χ1) is 0. The minimum atomic E-state index is 0. The molecule has 0 aromatic carbocycles. The largest absolute Gasteiger partial charge is 0 e. The molecule has 0 heterocycles. The van der Waals surface area contributed by atoms with Crippen LogP contribution in [0.5, 0.6) is 0 Å². The van der Waals surface area contributed by atoms with Gasteiger partial charge in [-0.3, -0.25) is 0 Å². The second-order valence-electron chi connectivity index (χ2n) is 0. The van der Waals surface area contributed by atoms with Crippen molar-refractivity contribution in [2.24, 2.45) is 0 Å². The maximum Gasteiger partial charge on any atom is 0 e. The Morgan fingerprint density at radius 2 is 1.00 bits per heavy atom. The van der Waals surface area contributed by atoms with Gasteiger partial charge in [0.1, 0.15) is 0 Å². The Labute approximate surface area is 80.2 Å². The zero-order chi connectivity index (χ0) is 0. The molecule has 0 rings (SSSR count). The molecular formula is CoCuNiU. The molecule has 0 aromatic rings. The van der Waals surface area contributed by atoms with Crippen molar-refractivity contribution in [2.45, 2.75) is 0 Å². The summed E-state index contributed by atoms with van der Waals surface area (Å²) >= 11 is 0. The van der Waals surface area contributed by atoms with Gasteiger partial charge in [0, 0.05) is 81.5 Å². The minimum Gasteiger partial charge on any atom is 0 e. The van der Waals surface area contributed by atoms with Crippen LogP contribution in [0.4, 0.5) is 0 Å². The normalized spacial score (nSPS) is 0. The van der Waals surface area contributed by atoms with E-state index in [4.69, 9.17) is 0 Å². The zero-order valence-electron chi connectivity index (χ0n) is 1.45. The molecule has 0 saturated carbocycles. The van der Waals surface area contributed by atoms with Gasteiger partial charge >= 0.3 is 0 Å². The SMILES string of the molecule is [Co].[Cu].[Ni].[U]. The minimum absolute atomic E-state index is 0. The molecule has 0 unspecified atom stereocenters. The van der Waals surface area contributed by atoms with Crippen LogP contribution in [0.2, 0.25) is 0 Å². The van der Waals surface area contributed by atoms with Crippen LogP contribution in [0, 0.1) is 31.1 Å². The van der Waals surface area contributed by atoms with E-state index < -0.39 is 0 Å². The second kappa shape index (κ2) is 17.6. The number of hydrogen-bond donors (Lipinski definition) is 0. The molecule has 0 aliphatic rings. The van der Waals surface area contributed by atoms with Crippen molar-refractivity contribution < 1.29 is 81.5 Å². The van der Waals surface area contributed by atoms with Crippen molar-refractivity contribution in [3.05, 3.63) is 0 Å². The van der Waals surface area contributed by atoms with Crippen LogP contribution in [0.3, 0.4) is 0 Å². The molecule has 34 valence electrons. The molecule has 0 aromatic heterocycles. The van der Waals surface area contributed by atoms with Crippen LogP contribution in [0.15, 0.2) is 0 Å². The summed E-state index contributed by atoms with van der Waals surface area (Å²) in [5, 5.41) is 0. The Morgan fingerprint density at radius 3 is 1.00 bits per heavy atom. The third-order valence-corrected chi connectivity index (χ3v) is 0. The fraction of sp³-hybridized carbons (Fsp3) is 0. The molecule has 0 fully saturated rings. The first-order valence-electron chi connectivity index (χ1n) is 0. The molecule has 4 heavy (non-hydrogen) atoms. The second-order valence-corrected chi connectivity index (χ2v) is 0. The van der Waals surface area contributed by atoms with Gasteiger partial charge in [-0.1, -0.05) is 0 Å². The van der Waals surface area contributed by atoms with Gasteiger partial charge in [0.05, 0.1) is 0 Å². The van der Waals surface area contributed by atoms with E-state index in [1.54, 1.807) is 0 Å². The van der Waals surface area contributed by atoms with Crippen molar-refractivity contribution >= 4 is 0 Å². The predicted octanol–water partition coefficient (Wildman–Crippen LogP) is -0.00750. The Morgan fingerprint density at radius 1 is 1.00 bits per heavy atom. The zero-order valence-corrected chi connectivity index (χ0v) is 8.59. The molecule has 0 aliphatic carbocycles. The van der Waals surface area contributed by atoms with E-state index in [1.807, 2.05) is 0 Å². The standard InChI is InChI=1S/Co.Cu.Ni.U. The smallest absolute Gasteiger partial charge is 0 e. The monoisotopic (exact) mass is 418 g/mol. The summed E-state index contributed by atoms with van der Waals surface area (Å²) in [5.41, 5.74) is 0. The quantitative estimate of drug-likeness (QED) is 0.485. The maximum atomic E-state index is 0. The number of hydrogen-bond acceptors (Lipinski definition) is 0. The fourth-order valence-corrected chi connectivity index (χ4v) is 0. The van der Waals surface area contributed by atoms with E-state index in [0.29, 0.717) is 0 Å². The molecule has 0 spiro atoms. The van der Waals surface area contributed by atoms with Crippen LogP contribution in [0.25, 0.3) is 0 Å². The Hall–Kier alpha value is 2.57. The Kier molecular flexibility index (Phi) is 136. The van der Waals surface area contributed by atoms with Gasteiger partial charge in [-0.15, -0.1) is 0 Å². The van der Waals surface area contributed by atoms with Gasteiger partial charge in [0.15, 0.2) is 0 Å². The van der Waals surface area contributed by atoms with Gasteiger partial charge < -0.3 is 0 Å². The summed E-state index contributed by atoms with van der Waals surface area (Å²) in [4.78, 5) is 0. The van der Waals surface area contributed by atoms with Gasteiger partial charge in [-0.25, -0.2) is 0 Å². The molecule has 0 nitrogen and oxygen atoms in total. The Bertz CT molecular complexity index is 8.00. The number of rotatable bonds is 0. The molecule has 0 bridgehead atoms. The predicted molar refractivity (Wildman–Crippen MR) is 0 cm³/mol. The molecule has 0 saturated heterocycles. The molecule has 4 heteroatoms. The molecule has 0 N–H and O–H groups in total. The van der Waals surface area contributed by atoms with Crippen molar-refractivity contribution in [3.8, 4) is 0 Å². The van der Waals surface area contributed by atoms with Crippen LogP contribution in [-0.4, -0.2) is 0 Å². The van der Waals surface area contributed by atoms with Gasteiger partial charge in [0.2, 0.25) is 0 Å². The van der Waals surface area contributed by atoms with E-state index in [2.05, 4.69) is 0 Å². The first-order valence-corrected chi connectivity index (χ1v) is 0.